The van der Waals surface area contributed by atoms with Crippen LogP contribution < -0.4 is 10.6 Å². The van der Waals surface area contributed by atoms with E-state index in [9.17, 15) is 4.79 Å². The summed E-state index contributed by atoms with van der Waals surface area (Å²) < 4.78 is 5.38. The van der Waals surface area contributed by atoms with E-state index in [-0.39, 0.29) is 23.9 Å². The number of nitrogens with one attached hydrogen (secondary N) is 2. The summed E-state index contributed by atoms with van der Waals surface area (Å²) in [5.41, 5.74) is 0. The summed E-state index contributed by atoms with van der Waals surface area (Å²) in [5, 5.41) is 6.39. The highest BCUT2D eigenvalue weighted by Gasteiger charge is 2.33. The van der Waals surface area contributed by atoms with Gasteiger partial charge in [-0.15, -0.1) is 0 Å². The molecule has 0 spiro atoms. The number of rotatable bonds is 6. The van der Waals surface area contributed by atoms with Crippen molar-refractivity contribution in [3.05, 3.63) is 0 Å². The largest absolute Gasteiger partial charge is 0.379 e. The van der Waals surface area contributed by atoms with Crippen LogP contribution in [0, 0.1) is 5.92 Å². The summed E-state index contributed by atoms with van der Waals surface area (Å²) in [4.78, 5) is 12.0. The van der Waals surface area contributed by atoms with Gasteiger partial charge in [0, 0.05) is 12.1 Å². The maximum atomic E-state index is 12.0. The molecular formula is C12H24N2O2. The highest BCUT2D eigenvalue weighted by molar-refractivity contribution is 5.80. The molecule has 3 atom stereocenters. The highest BCUT2D eigenvalue weighted by atomic mass is 16.5. The molecule has 0 saturated carbocycles. The molecule has 0 aromatic rings. The topological polar surface area (TPSA) is 50.4 Å². The lowest BCUT2D eigenvalue weighted by atomic mass is 10.0. The summed E-state index contributed by atoms with van der Waals surface area (Å²) in [6.45, 7) is 8.37. The summed E-state index contributed by atoms with van der Waals surface area (Å²) in [7, 11) is 0. The molecule has 0 aromatic carbocycles. The fourth-order valence-corrected chi connectivity index (χ4v) is 1.80. The van der Waals surface area contributed by atoms with Crippen molar-refractivity contribution in [2.24, 2.45) is 5.92 Å². The lowest BCUT2D eigenvalue weighted by Gasteiger charge is -2.20. The van der Waals surface area contributed by atoms with Crippen LogP contribution in [0.15, 0.2) is 0 Å². The molecule has 0 aliphatic carbocycles. The predicted octanol–water partition coefficient (Wildman–Crippen LogP) is 0.916. The maximum Gasteiger partial charge on any atom is 0.227 e. The van der Waals surface area contributed by atoms with Crippen molar-refractivity contribution in [3.8, 4) is 0 Å². The van der Waals surface area contributed by atoms with Gasteiger partial charge >= 0.3 is 0 Å². The van der Waals surface area contributed by atoms with Gasteiger partial charge in [-0.2, -0.15) is 0 Å². The average Bonchev–Trinajstić information content (AvgIpc) is 2.74. The van der Waals surface area contributed by atoms with Crippen LogP contribution in [0.4, 0.5) is 0 Å². The monoisotopic (exact) mass is 228 g/mol. The molecule has 0 bridgehead atoms. The number of hydrogen-bond acceptors (Lipinski definition) is 3. The fourth-order valence-electron chi connectivity index (χ4n) is 1.80. The fraction of sp³-hybridized carbons (Fsp3) is 0.917. The third-order valence-electron chi connectivity index (χ3n) is 3.07. The molecule has 1 heterocycles. The Labute approximate surface area is 98.1 Å². The van der Waals surface area contributed by atoms with E-state index in [1.54, 1.807) is 0 Å². The smallest absolute Gasteiger partial charge is 0.227 e. The third kappa shape index (κ3) is 3.76. The second-order valence-electron chi connectivity index (χ2n) is 4.52. The molecule has 3 unspecified atom stereocenters. The van der Waals surface area contributed by atoms with E-state index in [2.05, 4.69) is 24.5 Å². The SMILES string of the molecule is CCCNC1COCC1C(=O)NC(C)CC. The molecular weight excluding hydrogens is 204 g/mol. The summed E-state index contributed by atoms with van der Waals surface area (Å²) in [6.07, 6.45) is 2.04. The zero-order valence-corrected chi connectivity index (χ0v) is 10.6. The molecule has 1 aliphatic rings. The van der Waals surface area contributed by atoms with Crippen LogP contribution in [0.1, 0.15) is 33.6 Å². The van der Waals surface area contributed by atoms with Crippen molar-refractivity contribution >= 4 is 5.91 Å². The van der Waals surface area contributed by atoms with Gasteiger partial charge in [0.25, 0.3) is 0 Å². The van der Waals surface area contributed by atoms with Crippen molar-refractivity contribution < 1.29 is 9.53 Å². The molecule has 1 rings (SSSR count). The molecule has 4 nitrogen and oxygen atoms in total. The van der Waals surface area contributed by atoms with E-state index in [1.165, 1.54) is 0 Å². The lowest BCUT2D eigenvalue weighted by molar-refractivity contribution is -0.126. The van der Waals surface area contributed by atoms with Crippen LogP contribution in [0.25, 0.3) is 0 Å². The Morgan fingerprint density at radius 1 is 1.44 bits per heavy atom. The van der Waals surface area contributed by atoms with Crippen LogP contribution in [0.2, 0.25) is 0 Å². The normalized spacial score (nSPS) is 26.7. The minimum absolute atomic E-state index is 0.0273. The standard InChI is InChI=1S/C12H24N2O2/c1-4-6-13-11-8-16-7-10(11)12(15)14-9(3)5-2/h9-11,13H,4-8H2,1-3H3,(H,14,15). The third-order valence-corrected chi connectivity index (χ3v) is 3.07. The number of amides is 1. The molecule has 0 radical (unpaired) electrons. The van der Waals surface area contributed by atoms with Gasteiger partial charge in [-0.3, -0.25) is 4.79 Å². The number of hydrogen-bond donors (Lipinski definition) is 2. The Bertz CT molecular complexity index is 221. The first-order valence-corrected chi connectivity index (χ1v) is 6.30. The van der Waals surface area contributed by atoms with Gasteiger partial charge in [0.2, 0.25) is 5.91 Å². The van der Waals surface area contributed by atoms with E-state index >= 15 is 0 Å². The molecule has 1 aliphatic heterocycles. The molecule has 2 N–H and O–H groups in total. The van der Waals surface area contributed by atoms with E-state index in [4.69, 9.17) is 4.74 Å². The zero-order valence-electron chi connectivity index (χ0n) is 10.6. The number of carbonyl (C=O) groups excluding carboxylic acids is 1. The Kier molecular flexibility index (Phi) is 5.77. The van der Waals surface area contributed by atoms with E-state index < -0.39 is 0 Å². The number of ether oxygens (including phenoxy) is 1. The molecule has 4 heteroatoms. The average molecular weight is 228 g/mol. The lowest BCUT2D eigenvalue weighted by Crippen LogP contribution is -2.46. The molecule has 0 aromatic heterocycles. The van der Waals surface area contributed by atoms with Crippen LogP contribution in [0.5, 0.6) is 0 Å². The first-order chi connectivity index (χ1) is 7.69. The van der Waals surface area contributed by atoms with Gasteiger partial charge in [0.1, 0.15) is 0 Å². The Morgan fingerprint density at radius 3 is 2.81 bits per heavy atom. The summed E-state index contributed by atoms with van der Waals surface area (Å²) in [5.74, 6) is 0.0982. The second kappa shape index (κ2) is 6.86. The van der Waals surface area contributed by atoms with Crippen LogP contribution >= 0.6 is 0 Å². The molecule has 94 valence electrons. The van der Waals surface area contributed by atoms with Crippen molar-refractivity contribution in [2.45, 2.75) is 45.7 Å². The molecule has 16 heavy (non-hydrogen) atoms. The van der Waals surface area contributed by atoms with E-state index in [0.717, 1.165) is 19.4 Å². The van der Waals surface area contributed by atoms with E-state index in [1.807, 2.05) is 6.92 Å². The second-order valence-corrected chi connectivity index (χ2v) is 4.52. The first-order valence-electron chi connectivity index (χ1n) is 6.30. The quantitative estimate of drug-likeness (QED) is 0.710. The Morgan fingerprint density at radius 2 is 2.19 bits per heavy atom. The number of carbonyl (C=O) groups is 1. The minimum Gasteiger partial charge on any atom is -0.379 e. The summed E-state index contributed by atoms with van der Waals surface area (Å²) >= 11 is 0. The van der Waals surface area contributed by atoms with Gasteiger partial charge in [0.05, 0.1) is 19.1 Å². The van der Waals surface area contributed by atoms with Crippen LogP contribution in [-0.2, 0) is 9.53 Å². The molecule has 1 amide bonds. The van der Waals surface area contributed by atoms with Crippen molar-refractivity contribution in [1.29, 1.82) is 0 Å². The van der Waals surface area contributed by atoms with Crippen molar-refractivity contribution in [3.63, 3.8) is 0 Å². The maximum absolute atomic E-state index is 12.0. The van der Waals surface area contributed by atoms with E-state index in [0.29, 0.717) is 13.2 Å². The van der Waals surface area contributed by atoms with Gasteiger partial charge < -0.3 is 15.4 Å². The Hall–Kier alpha value is -0.610. The first kappa shape index (κ1) is 13.5. The van der Waals surface area contributed by atoms with Gasteiger partial charge in [0.15, 0.2) is 0 Å². The van der Waals surface area contributed by atoms with Gasteiger partial charge in [-0.05, 0) is 26.3 Å². The Balaban J connectivity index is 2.41. The summed E-state index contributed by atoms with van der Waals surface area (Å²) in [6, 6.07) is 0.434. The van der Waals surface area contributed by atoms with Crippen LogP contribution in [0.3, 0.4) is 0 Å². The zero-order chi connectivity index (χ0) is 12.0. The van der Waals surface area contributed by atoms with Crippen molar-refractivity contribution in [1.82, 2.24) is 10.6 Å². The molecule has 1 fully saturated rings. The van der Waals surface area contributed by atoms with Crippen molar-refractivity contribution in [2.75, 3.05) is 19.8 Å². The minimum atomic E-state index is -0.0273. The van der Waals surface area contributed by atoms with Gasteiger partial charge in [-0.25, -0.2) is 0 Å². The molecule has 1 saturated heterocycles. The van der Waals surface area contributed by atoms with Gasteiger partial charge in [-0.1, -0.05) is 13.8 Å². The van der Waals surface area contributed by atoms with Crippen LogP contribution in [-0.4, -0.2) is 37.7 Å². The predicted molar refractivity (Wildman–Crippen MR) is 64.3 cm³/mol. The highest BCUT2D eigenvalue weighted by Crippen LogP contribution is 2.14.